The molecular weight excluding hydrogens is 660 g/mol. The molecule has 2 rings (SSSR count). The standard InChI is InChI=1S/C11H20O23S5/c12-35(13,14)27-3-5-1-7(33-38(21,22)23)11(29-5)31-9-2-6(32-37(18,19)20)10(34-39(24,25)26)8(30-9)4-28-36(15,16)17/h5-11H,1-4H2,(H,12,13,14)(H,15,16,17)(H,18,19,20)(H,21,22,23)(H,24,25,26)/t5-,6+,7-,8+,9+,10-,11-/m0/s1. The maximum absolute atomic E-state index is 11.3. The Morgan fingerprint density at radius 3 is 1.56 bits per heavy atom. The van der Waals surface area contributed by atoms with E-state index in [1.54, 1.807) is 0 Å². The van der Waals surface area contributed by atoms with Crippen LogP contribution in [0.2, 0.25) is 0 Å². The number of hydrogen-bond donors (Lipinski definition) is 5. The van der Waals surface area contributed by atoms with Crippen molar-refractivity contribution in [3.05, 3.63) is 0 Å². The van der Waals surface area contributed by atoms with Crippen LogP contribution < -0.4 is 0 Å². The van der Waals surface area contributed by atoms with E-state index in [1.165, 1.54) is 0 Å². The Morgan fingerprint density at radius 2 is 1.08 bits per heavy atom. The average Bonchev–Trinajstić information content (AvgIpc) is 3.03. The van der Waals surface area contributed by atoms with Crippen LogP contribution in [-0.4, -0.2) is 121 Å². The molecule has 232 valence electrons. The quantitative estimate of drug-likeness (QED) is 0.111. The van der Waals surface area contributed by atoms with E-state index in [1.807, 2.05) is 0 Å². The Kier molecular flexibility index (Phi) is 11.1. The zero-order chi connectivity index (χ0) is 30.0. The first-order valence-electron chi connectivity index (χ1n) is 9.56. The second kappa shape index (κ2) is 12.6. The molecule has 39 heavy (non-hydrogen) atoms. The fourth-order valence-electron chi connectivity index (χ4n) is 3.26. The van der Waals surface area contributed by atoms with Crippen LogP contribution in [0.15, 0.2) is 0 Å². The van der Waals surface area contributed by atoms with Crippen LogP contribution in [0, 0.1) is 0 Å². The smallest absolute Gasteiger partial charge is 0.344 e. The Balaban J connectivity index is 2.34. The minimum absolute atomic E-state index is 0.596. The molecule has 5 N–H and O–H groups in total. The molecule has 28 heteroatoms. The molecule has 0 aliphatic carbocycles. The molecule has 0 bridgehead atoms. The van der Waals surface area contributed by atoms with Crippen molar-refractivity contribution in [3.63, 3.8) is 0 Å². The second-order valence-electron chi connectivity index (χ2n) is 7.38. The van der Waals surface area contributed by atoms with E-state index in [0.29, 0.717) is 0 Å². The molecule has 0 aromatic carbocycles. The summed E-state index contributed by atoms with van der Waals surface area (Å²) in [5.74, 6) is 0. The van der Waals surface area contributed by atoms with Crippen LogP contribution in [0.1, 0.15) is 12.8 Å². The van der Waals surface area contributed by atoms with Crippen molar-refractivity contribution in [2.45, 2.75) is 55.9 Å². The van der Waals surface area contributed by atoms with Gasteiger partial charge >= 0.3 is 52.0 Å². The highest BCUT2D eigenvalue weighted by molar-refractivity contribution is 7.81. The van der Waals surface area contributed by atoms with Gasteiger partial charge in [-0.3, -0.25) is 22.8 Å². The van der Waals surface area contributed by atoms with Crippen molar-refractivity contribution in [2.24, 2.45) is 0 Å². The molecule has 0 radical (unpaired) electrons. The van der Waals surface area contributed by atoms with E-state index in [4.69, 9.17) is 37.0 Å². The first-order chi connectivity index (χ1) is 17.4. The van der Waals surface area contributed by atoms with E-state index < -0.39 is 121 Å². The molecule has 0 spiro atoms. The third-order valence-electron chi connectivity index (χ3n) is 4.40. The molecule has 7 atom stereocenters. The minimum Gasteiger partial charge on any atom is -0.344 e. The first kappa shape index (κ1) is 34.4. The summed E-state index contributed by atoms with van der Waals surface area (Å²) in [5, 5.41) is 0. The van der Waals surface area contributed by atoms with Gasteiger partial charge in [0.25, 0.3) is 0 Å². The summed E-state index contributed by atoms with van der Waals surface area (Å²) in [6.07, 6.45) is -15.3. The lowest BCUT2D eigenvalue weighted by atomic mass is 10.0. The molecule has 2 saturated heterocycles. The van der Waals surface area contributed by atoms with E-state index in [9.17, 15) is 42.1 Å². The van der Waals surface area contributed by atoms with Crippen molar-refractivity contribution in [1.82, 2.24) is 0 Å². The summed E-state index contributed by atoms with van der Waals surface area (Å²) >= 11 is 0. The zero-order valence-electron chi connectivity index (χ0n) is 18.5. The van der Waals surface area contributed by atoms with Gasteiger partial charge in [0, 0.05) is 12.8 Å². The van der Waals surface area contributed by atoms with Gasteiger partial charge in [-0.15, -0.1) is 0 Å². The first-order valence-corrected chi connectivity index (χ1v) is 16.4. The van der Waals surface area contributed by atoms with Crippen LogP contribution >= 0.6 is 0 Å². The summed E-state index contributed by atoms with van der Waals surface area (Å²) in [7, 11) is -26.4. The maximum atomic E-state index is 11.3. The van der Waals surface area contributed by atoms with Gasteiger partial charge in [0.1, 0.15) is 24.4 Å². The van der Waals surface area contributed by atoms with Crippen molar-refractivity contribution in [1.29, 1.82) is 0 Å². The SMILES string of the molecule is O=S(=O)(O)OC[C@@H]1C[C@H](OS(=O)(=O)O)[C@H](O[C@@H]2C[C@@H](OS(=O)(=O)O)[C@H](OS(=O)(=O)O)[C@@H](COS(=O)(=O)O)O2)O1. The molecule has 0 aromatic heterocycles. The number of ether oxygens (including phenoxy) is 3. The molecule has 2 aliphatic heterocycles. The van der Waals surface area contributed by atoms with E-state index in [-0.39, 0.29) is 0 Å². The van der Waals surface area contributed by atoms with Crippen LogP contribution in [0.4, 0.5) is 0 Å². The highest BCUT2D eigenvalue weighted by atomic mass is 32.3. The molecule has 0 amide bonds. The summed E-state index contributed by atoms with van der Waals surface area (Å²) < 4.78 is 192. The van der Waals surface area contributed by atoms with Gasteiger partial charge in [-0.05, 0) is 0 Å². The summed E-state index contributed by atoms with van der Waals surface area (Å²) in [6, 6.07) is 0. The molecule has 0 unspecified atom stereocenters. The van der Waals surface area contributed by atoms with Crippen molar-refractivity contribution in [2.75, 3.05) is 13.2 Å². The van der Waals surface area contributed by atoms with Gasteiger partial charge in [-0.2, -0.15) is 42.1 Å². The fourth-order valence-corrected chi connectivity index (χ4v) is 5.40. The predicted octanol–water partition coefficient (Wildman–Crippen LogP) is -3.56. The topological polar surface area (TPSA) is 346 Å². The predicted molar refractivity (Wildman–Crippen MR) is 112 cm³/mol. The van der Waals surface area contributed by atoms with Crippen LogP contribution in [0.3, 0.4) is 0 Å². The van der Waals surface area contributed by atoms with Gasteiger partial charge in [-0.25, -0.2) is 20.9 Å². The number of hydrogen-bond acceptors (Lipinski definition) is 18. The van der Waals surface area contributed by atoms with Crippen molar-refractivity contribution in [3.8, 4) is 0 Å². The molecular formula is C11H20O23S5. The molecule has 0 saturated carbocycles. The minimum atomic E-state index is -5.46. The van der Waals surface area contributed by atoms with Crippen LogP contribution in [0.25, 0.3) is 0 Å². The molecule has 2 heterocycles. The van der Waals surface area contributed by atoms with E-state index >= 15 is 0 Å². The Morgan fingerprint density at radius 1 is 0.590 bits per heavy atom. The lowest BCUT2D eigenvalue weighted by Gasteiger charge is -2.39. The van der Waals surface area contributed by atoms with E-state index in [0.717, 1.165) is 0 Å². The van der Waals surface area contributed by atoms with Gasteiger partial charge in [0.05, 0.1) is 19.3 Å². The molecule has 0 aromatic rings. The summed E-state index contributed by atoms with van der Waals surface area (Å²) in [5.41, 5.74) is 0. The lowest BCUT2D eigenvalue weighted by molar-refractivity contribution is -0.303. The monoisotopic (exact) mass is 680 g/mol. The Labute approximate surface area is 220 Å². The zero-order valence-corrected chi connectivity index (χ0v) is 22.6. The normalized spacial score (nSPS) is 31.4. The molecule has 2 aliphatic rings. The van der Waals surface area contributed by atoms with E-state index in [2.05, 4.69) is 20.9 Å². The summed E-state index contributed by atoms with van der Waals surface area (Å²) in [6.45, 7) is -2.31. The van der Waals surface area contributed by atoms with Gasteiger partial charge < -0.3 is 14.2 Å². The highest BCUT2D eigenvalue weighted by Gasteiger charge is 2.48. The maximum Gasteiger partial charge on any atom is 0.397 e. The number of rotatable bonds is 14. The summed E-state index contributed by atoms with van der Waals surface area (Å²) in [4.78, 5) is 0. The Bertz CT molecular complexity index is 1380. The third-order valence-corrected chi connectivity index (χ3v) is 6.72. The fraction of sp³-hybridized carbons (Fsp3) is 1.00. The van der Waals surface area contributed by atoms with Crippen LogP contribution in [0.5, 0.6) is 0 Å². The van der Waals surface area contributed by atoms with Crippen LogP contribution in [-0.2, 0) is 87.1 Å². The highest BCUT2D eigenvalue weighted by Crippen LogP contribution is 2.33. The second-order valence-corrected chi connectivity index (χ2v) is 12.7. The van der Waals surface area contributed by atoms with Crippen molar-refractivity contribution < 1.29 is 100.0 Å². The van der Waals surface area contributed by atoms with Gasteiger partial charge in [-0.1, -0.05) is 0 Å². The van der Waals surface area contributed by atoms with Gasteiger partial charge in [0.15, 0.2) is 12.6 Å². The lowest BCUT2D eigenvalue weighted by Crippen LogP contribution is -2.55. The van der Waals surface area contributed by atoms with Gasteiger partial charge in [0.2, 0.25) is 0 Å². The van der Waals surface area contributed by atoms with Crippen molar-refractivity contribution >= 4 is 52.0 Å². The third kappa shape index (κ3) is 13.6. The molecule has 23 nitrogen and oxygen atoms in total. The largest absolute Gasteiger partial charge is 0.397 e. The Hall–Kier alpha value is -0.770. The average molecular weight is 681 g/mol. The molecule has 2 fully saturated rings.